The SMILES string of the molecule is CCNC(=NCc1ccc(COCC(F)(F)F)cc1)NCC(O)c1cccc(OC)c1. The second-order valence-corrected chi connectivity index (χ2v) is 6.79. The van der Waals surface area contributed by atoms with Crippen LogP contribution in [0.2, 0.25) is 0 Å². The summed E-state index contributed by atoms with van der Waals surface area (Å²) >= 11 is 0. The number of nitrogens with one attached hydrogen (secondary N) is 2. The first-order valence-electron chi connectivity index (χ1n) is 9.87. The number of nitrogens with zero attached hydrogens (tertiary/aromatic N) is 1. The van der Waals surface area contributed by atoms with Crippen molar-refractivity contribution in [1.82, 2.24) is 10.6 Å². The van der Waals surface area contributed by atoms with Crippen molar-refractivity contribution in [3.8, 4) is 5.75 Å². The van der Waals surface area contributed by atoms with E-state index in [-0.39, 0.29) is 13.2 Å². The maximum absolute atomic E-state index is 12.1. The van der Waals surface area contributed by atoms with E-state index in [4.69, 9.17) is 4.74 Å². The lowest BCUT2D eigenvalue weighted by atomic mass is 10.1. The first-order chi connectivity index (χ1) is 14.8. The van der Waals surface area contributed by atoms with E-state index in [2.05, 4.69) is 20.4 Å². The van der Waals surface area contributed by atoms with E-state index in [1.165, 1.54) is 0 Å². The van der Waals surface area contributed by atoms with Crippen LogP contribution >= 0.6 is 0 Å². The van der Waals surface area contributed by atoms with Gasteiger partial charge in [0, 0.05) is 13.1 Å². The predicted molar refractivity (Wildman–Crippen MR) is 113 cm³/mol. The van der Waals surface area contributed by atoms with Crippen molar-refractivity contribution in [2.45, 2.75) is 32.4 Å². The number of ether oxygens (including phenoxy) is 2. The highest BCUT2D eigenvalue weighted by Crippen LogP contribution is 2.18. The Morgan fingerprint density at radius 3 is 2.45 bits per heavy atom. The third-order valence-corrected chi connectivity index (χ3v) is 4.26. The molecule has 0 aliphatic carbocycles. The lowest BCUT2D eigenvalue weighted by Crippen LogP contribution is -2.39. The monoisotopic (exact) mass is 439 g/mol. The summed E-state index contributed by atoms with van der Waals surface area (Å²) in [5.41, 5.74) is 2.28. The first-order valence-corrected chi connectivity index (χ1v) is 9.87. The second-order valence-electron chi connectivity index (χ2n) is 6.79. The Morgan fingerprint density at radius 2 is 1.81 bits per heavy atom. The average Bonchev–Trinajstić information content (AvgIpc) is 2.75. The second kappa shape index (κ2) is 12.2. The lowest BCUT2D eigenvalue weighted by Gasteiger charge is -2.16. The van der Waals surface area contributed by atoms with Crippen molar-refractivity contribution in [1.29, 1.82) is 0 Å². The summed E-state index contributed by atoms with van der Waals surface area (Å²) < 4.78 is 46.2. The summed E-state index contributed by atoms with van der Waals surface area (Å²) in [5.74, 6) is 1.21. The van der Waals surface area contributed by atoms with E-state index in [1.807, 2.05) is 25.1 Å². The summed E-state index contributed by atoms with van der Waals surface area (Å²) in [6.45, 7) is 1.85. The number of halogens is 3. The van der Waals surface area contributed by atoms with E-state index < -0.39 is 18.9 Å². The van der Waals surface area contributed by atoms with E-state index in [9.17, 15) is 18.3 Å². The van der Waals surface area contributed by atoms with Gasteiger partial charge in [0.05, 0.1) is 26.4 Å². The Kier molecular flexibility index (Phi) is 9.61. The van der Waals surface area contributed by atoms with E-state index in [1.54, 1.807) is 37.4 Å². The molecule has 0 aliphatic rings. The third-order valence-electron chi connectivity index (χ3n) is 4.26. The highest BCUT2D eigenvalue weighted by molar-refractivity contribution is 5.79. The molecule has 0 fully saturated rings. The molecule has 1 unspecified atom stereocenters. The van der Waals surface area contributed by atoms with Gasteiger partial charge in [-0.1, -0.05) is 36.4 Å². The molecular formula is C22H28F3N3O3. The number of guanidine groups is 1. The fraction of sp³-hybridized carbons (Fsp3) is 0.409. The standard InChI is InChI=1S/C22H28F3N3O3/c1-3-26-21(28-13-20(29)18-5-4-6-19(11-18)30-2)27-12-16-7-9-17(10-8-16)14-31-15-22(23,24)25/h4-11,20,29H,3,12-15H2,1-2H3,(H2,26,27,28). The molecular weight excluding hydrogens is 411 g/mol. The molecule has 170 valence electrons. The number of aliphatic hydroxyl groups is 1. The van der Waals surface area contributed by atoms with Crippen LogP contribution in [0.1, 0.15) is 29.7 Å². The van der Waals surface area contributed by atoms with Gasteiger partial charge in [-0.05, 0) is 35.7 Å². The van der Waals surface area contributed by atoms with Crippen molar-refractivity contribution in [3.05, 3.63) is 65.2 Å². The van der Waals surface area contributed by atoms with Gasteiger partial charge in [0.15, 0.2) is 5.96 Å². The minimum Gasteiger partial charge on any atom is -0.497 e. The Balaban J connectivity index is 1.88. The predicted octanol–water partition coefficient (Wildman–Crippen LogP) is 3.56. The van der Waals surface area contributed by atoms with Gasteiger partial charge in [0.25, 0.3) is 0 Å². The highest BCUT2D eigenvalue weighted by atomic mass is 19.4. The van der Waals surface area contributed by atoms with Gasteiger partial charge in [-0.3, -0.25) is 0 Å². The van der Waals surface area contributed by atoms with Crippen LogP contribution in [0.5, 0.6) is 5.75 Å². The molecule has 0 heterocycles. The minimum absolute atomic E-state index is 0.102. The number of alkyl halides is 3. The van der Waals surface area contributed by atoms with Crippen LogP contribution in [0.4, 0.5) is 13.2 Å². The van der Waals surface area contributed by atoms with Gasteiger partial charge in [-0.15, -0.1) is 0 Å². The average molecular weight is 439 g/mol. The Bertz CT molecular complexity index is 827. The molecule has 2 aromatic rings. The first kappa shape index (κ1) is 24.5. The molecule has 0 aliphatic heterocycles. The Labute approximate surface area is 180 Å². The van der Waals surface area contributed by atoms with Gasteiger partial charge >= 0.3 is 6.18 Å². The number of hydrogen-bond acceptors (Lipinski definition) is 4. The number of aliphatic imine (C=N–C) groups is 1. The van der Waals surface area contributed by atoms with Crippen molar-refractivity contribution >= 4 is 5.96 Å². The number of benzene rings is 2. The van der Waals surface area contributed by atoms with Crippen LogP contribution in [0.3, 0.4) is 0 Å². The molecule has 2 aromatic carbocycles. The summed E-state index contributed by atoms with van der Waals surface area (Å²) in [6, 6.07) is 14.2. The zero-order valence-electron chi connectivity index (χ0n) is 17.6. The van der Waals surface area contributed by atoms with Gasteiger partial charge in [0.2, 0.25) is 0 Å². The quantitative estimate of drug-likeness (QED) is 0.390. The molecule has 0 saturated carbocycles. The molecule has 1 atom stereocenters. The maximum Gasteiger partial charge on any atom is 0.411 e. The topological polar surface area (TPSA) is 75.1 Å². The fourth-order valence-corrected chi connectivity index (χ4v) is 2.70. The molecule has 0 bridgehead atoms. The van der Waals surface area contributed by atoms with Crippen molar-refractivity contribution in [2.24, 2.45) is 4.99 Å². The van der Waals surface area contributed by atoms with Crippen LogP contribution < -0.4 is 15.4 Å². The largest absolute Gasteiger partial charge is 0.497 e. The molecule has 2 rings (SSSR count). The van der Waals surface area contributed by atoms with Crippen LogP contribution in [0.25, 0.3) is 0 Å². The van der Waals surface area contributed by atoms with Crippen LogP contribution in [-0.2, 0) is 17.9 Å². The maximum atomic E-state index is 12.1. The zero-order valence-corrected chi connectivity index (χ0v) is 17.6. The zero-order chi connectivity index (χ0) is 22.7. The molecule has 0 radical (unpaired) electrons. The van der Waals surface area contributed by atoms with Crippen molar-refractivity contribution in [3.63, 3.8) is 0 Å². The molecule has 31 heavy (non-hydrogen) atoms. The third kappa shape index (κ3) is 9.27. The molecule has 0 saturated heterocycles. The van der Waals surface area contributed by atoms with Crippen molar-refractivity contribution in [2.75, 3.05) is 26.8 Å². The van der Waals surface area contributed by atoms with Gasteiger partial charge in [0.1, 0.15) is 12.4 Å². The number of hydrogen-bond donors (Lipinski definition) is 3. The molecule has 0 spiro atoms. The van der Waals surface area contributed by atoms with Gasteiger partial charge in [-0.2, -0.15) is 13.2 Å². The molecule has 6 nitrogen and oxygen atoms in total. The van der Waals surface area contributed by atoms with Crippen molar-refractivity contribution < 1.29 is 27.8 Å². The fourth-order valence-electron chi connectivity index (χ4n) is 2.70. The highest BCUT2D eigenvalue weighted by Gasteiger charge is 2.27. The number of aliphatic hydroxyl groups excluding tert-OH is 1. The van der Waals surface area contributed by atoms with E-state index in [0.29, 0.717) is 30.4 Å². The normalized spacial score (nSPS) is 13.0. The van der Waals surface area contributed by atoms with E-state index >= 15 is 0 Å². The van der Waals surface area contributed by atoms with E-state index in [0.717, 1.165) is 11.1 Å². The summed E-state index contributed by atoms with van der Waals surface area (Å²) in [5, 5.41) is 16.6. The Morgan fingerprint density at radius 1 is 1.10 bits per heavy atom. The molecule has 0 amide bonds. The van der Waals surface area contributed by atoms with Gasteiger partial charge in [-0.25, -0.2) is 4.99 Å². The van der Waals surface area contributed by atoms with Gasteiger partial charge < -0.3 is 25.2 Å². The van der Waals surface area contributed by atoms with Crippen LogP contribution in [0.15, 0.2) is 53.5 Å². The number of rotatable bonds is 10. The van der Waals surface area contributed by atoms with Crippen LogP contribution in [-0.4, -0.2) is 44.0 Å². The minimum atomic E-state index is -4.33. The van der Waals surface area contributed by atoms with Crippen LogP contribution in [0, 0.1) is 0 Å². The number of methoxy groups -OCH3 is 1. The smallest absolute Gasteiger partial charge is 0.411 e. The molecule has 3 N–H and O–H groups in total. The summed E-state index contributed by atoms with van der Waals surface area (Å²) in [4.78, 5) is 4.49. The lowest BCUT2D eigenvalue weighted by molar-refractivity contribution is -0.176. The molecule has 0 aromatic heterocycles. The molecule has 9 heteroatoms. The summed E-state index contributed by atoms with van der Waals surface area (Å²) in [7, 11) is 1.57. The Hall–Kier alpha value is -2.78. The summed E-state index contributed by atoms with van der Waals surface area (Å²) in [6.07, 6.45) is -5.07.